The molecule has 0 fully saturated rings. The molecule has 0 aliphatic carbocycles. The summed E-state index contributed by atoms with van der Waals surface area (Å²) in [6.45, 7) is 8.52. The fourth-order valence-electron chi connectivity index (χ4n) is 5.13. The Kier molecular flexibility index (Phi) is 12.2. The molecule has 0 saturated carbocycles. The minimum Gasteiger partial charge on any atom is -0.466 e. The van der Waals surface area contributed by atoms with Crippen molar-refractivity contribution in [2.24, 2.45) is 0 Å². The fraction of sp³-hybridized carbons (Fsp3) is 0.308. The van der Waals surface area contributed by atoms with Gasteiger partial charge in [0, 0.05) is 36.2 Å². The number of benzene rings is 4. The smallest absolute Gasteiger partial charge is 0.466 e. The Morgan fingerprint density at radius 1 is 0.735 bits per heavy atom. The van der Waals surface area contributed by atoms with Gasteiger partial charge in [-0.1, -0.05) is 69.3 Å². The zero-order valence-corrected chi connectivity index (χ0v) is 28.0. The summed E-state index contributed by atoms with van der Waals surface area (Å²) >= 11 is 0. The molecular weight excluding hydrogens is 633 g/mol. The first-order chi connectivity index (χ1) is 23.2. The van der Waals surface area contributed by atoms with E-state index in [0.717, 1.165) is 28.8 Å². The highest BCUT2D eigenvalue weighted by atomic mass is 19.4. The number of hydrogen-bond donors (Lipinski definition) is 2. The van der Waals surface area contributed by atoms with Crippen LogP contribution in [0.25, 0.3) is 11.1 Å². The molecule has 1 atom stereocenters. The lowest BCUT2D eigenvalue weighted by molar-refractivity contribution is -0.274. The molecule has 2 N–H and O–H groups in total. The van der Waals surface area contributed by atoms with Crippen molar-refractivity contribution in [2.45, 2.75) is 71.2 Å². The predicted octanol–water partition coefficient (Wildman–Crippen LogP) is 9.13. The van der Waals surface area contributed by atoms with E-state index in [1.165, 1.54) is 17.7 Å². The number of hydrogen-bond acceptors (Lipinski definition) is 6. The molecular formula is C39H41F3N2O5. The molecule has 4 aromatic rings. The van der Waals surface area contributed by atoms with Gasteiger partial charge in [0.05, 0.1) is 6.61 Å². The molecule has 0 aliphatic rings. The van der Waals surface area contributed by atoms with Crippen molar-refractivity contribution < 1.29 is 37.0 Å². The summed E-state index contributed by atoms with van der Waals surface area (Å²) < 4.78 is 46.6. The van der Waals surface area contributed by atoms with Crippen molar-refractivity contribution in [3.05, 3.63) is 114 Å². The van der Waals surface area contributed by atoms with Crippen LogP contribution in [0.15, 0.2) is 97.1 Å². The molecule has 0 saturated heterocycles. The van der Waals surface area contributed by atoms with Gasteiger partial charge in [0.1, 0.15) is 11.8 Å². The lowest BCUT2D eigenvalue weighted by Crippen LogP contribution is -2.36. The van der Waals surface area contributed by atoms with E-state index < -0.39 is 24.1 Å². The Morgan fingerprint density at radius 2 is 1.31 bits per heavy atom. The number of ketones is 1. The van der Waals surface area contributed by atoms with Crippen LogP contribution in [-0.4, -0.2) is 36.7 Å². The summed E-state index contributed by atoms with van der Waals surface area (Å²) in [6.07, 6.45) is -3.80. The first-order valence-electron chi connectivity index (χ1n) is 16.1. The minimum atomic E-state index is -4.83. The van der Waals surface area contributed by atoms with E-state index in [2.05, 4.69) is 60.4 Å². The fourth-order valence-corrected chi connectivity index (χ4v) is 5.13. The number of esters is 1. The maximum Gasteiger partial charge on any atom is 0.573 e. The molecule has 0 bridgehead atoms. The Hall–Kier alpha value is -5.12. The Balaban J connectivity index is 1.48. The third-order valence-electron chi connectivity index (χ3n) is 7.79. The van der Waals surface area contributed by atoms with Crippen LogP contribution in [-0.2, 0) is 26.2 Å². The lowest BCUT2D eigenvalue weighted by Gasteiger charge is -2.21. The first-order valence-corrected chi connectivity index (χ1v) is 16.1. The monoisotopic (exact) mass is 674 g/mol. The average molecular weight is 675 g/mol. The molecule has 4 rings (SSSR count). The van der Waals surface area contributed by atoms with Gasteiger partial charge in [-0.15, -0.1) is 13.2 Å². The van der Waals surface area contributed by atoms with Gasteiger partial charge < -0.3 is 20.1 Å². The van der Waals surface area contributed by atoms with E-state index in [1.54, 1.807) is 31.2 Å². The van der Waals surface area contributed by atoms with E-state index in [1.807, 2.05) is 24.3 Å². The summed E-state index contributed by atoms with van der Waals surface area (Å²) in [6, 6.07) is 27.2. The van der Waals surface area contributed by atoms with E-state index in [-0.39, 0.29) is 30.0 Å². The zero-order chi connectivity index (χ0) is 35.6. The molecule has 1 amide bonds. The summed E-state index contributed by atoms with van der Waals surface area (Å²) in [4.78, 5) is 37.8. The number of nitrogens with one attached hydrogen (secondary N) is 2. The summed E-state index contributed by atoms with van der Waals surface area (Å²) in [5.74, 6) is -1.26. The number of ether oxygens (including phenoxy) is 2. The van der Waals surface area contributed by atoms with Crippen LogP contribution in [0.3, 0.4) is 0 Å². The topological polar surface area (TPSA) is 93.7 Å². The van der Waals surface area contributed by atoms with E-state index >= 15 is 0 Å². The number of carbonyl (C=O) groups excluding carboxylic acids is 3. The summed E-state index contributed by atoms with van der Waals surface area (Å²) in [5, 5.41) is 6.00. The summed E-state index contributed by atoms with van der Waals surface area (Å²) in [7, 11) is 0. The van der Waals surface area contributed by atoms with Gasteiger partial charge in [0.25, 0.3) is 0 Å². The van der Waals surface area contributed by atoms with Crippen molar-refractivity contribution in [3.8, 4) is 16.9 Å². The SMILES string of the molecule is CCOC(=O)CCCC(=O)c1ccc(N[C@H](Cc2ccc(-c3ccc(C(C)(C)C)cc3)cc2)C(=O)Nc2ccc(OC(F)(F)F)cc2)cc1. The Labute approximate surface area is 284 Å². The van der Waals surface area contributed by atoms with E-state index in [0.29, 0.717) is 36.4 Å². The molecule has 0 radical (unpaired) electrons. The van der Waals surface area contributed by atoms with Crippen LogP contribution in [0.4, 0.5) is 24.5 Å². The van der Waals surface area contributed by atoms with Gasteiger partial charge in [0.2, 0.25) is 5.91 Å². The molecule has 0 heterocycles. The third kappa shape index (κ3) is 11.5. The van der Waals surface area contributed by atoms with Crippen molar-refractivity contribution >= 4 is 29.0 Å². The highest BCUT2D eigenvalue weighted by Crippen LogP contribution is 2.27. The van der Waals surface area contributed by atoms with Crippen molar-refractivity contribution in [1.29, 1.82) is 0 Å². The number of Topliss-reactive ketones (excluding diaryl/α,β-unsaturated/α-hetero) is 1. The number of alkyl halides is 3. The number of halogens is 3. The van der Waals surface area contributed by atoms with Gasteiger partial charge >= 0.3 is 12.3 Å². The normalized spacial score (nSPS) is 12.1. The zero-order valence-electron chi connectivity index (χ0n) is 28.0. The standard InChI is InChI=1S/C39H41F3N2O5/c1-5-48-36(46)8-6-7-35(45)29-15-19-31(20-16-29)43-34(37(47)44-32-21-23-33(24-22-32)49-39(40,41)42)25-26-9-11-27(12-10-26)28-13-17-30(18-14-28)38(2,3)4/h9-24,34,43H,5-8,25H2,1-4H3,(H,44,47)/t34-/m1/s1. The molecule has 258 valence electrons. The predicted molar refractivity (Wildman–Crippen MR) is 185 cm³/mol. The van der Waals surface area contributed by atoms with Crippen LogP contribution in [0.5, 0.6) is 5.75 Å². The van der Waals surface area contributed by atoms with Crippen molar-refractivity contribution in [2.75, 3.05) is 17.2 Å². The number of carbonyl (C=O) groups is 3. The lowest BCUT2D eigenvalue weighted by atomic mass is 9.86. The van der Waals surface area contributed by atoms with Crippen LogP contribution in [0.2, 0.25) is 0 Å². The average Bonchev–Trinajstić information content (AvgIpc) is 3.05. The van der Waals surface area contributed by atoms with Gasteiger partial charge in [-0.2, -0.15) is 0 Å². The molecule has 7 nitrogen and oxygen atoms in total. The van der Waals surface area contributed by atoms with Gasteiger partial charge in [-0.25, -0.2) is 0 Å². The van der Waals surface area contributed by atoms with Crippen molar-refractivity contribution in [3.63, 3.8) is 0 Å². The Bertz CT molecular complexity index is 1700. The largest absolute Gasteiger partial charge is 0.573 e. The first kappa shape index (κ1) is 36.7. The van der Waals surface area contributed by atoms with Gasteiger partial charge in [-0.3, -0.25) is 14.4 Å². The van der Waals surface area contributed by atoms with Gasteiger partial charge in [0.15, 0.2) is 5.78 Å². The number of amides is 1. The van der Waals surface area contributed by atoms with Crippen molar-refractivity contribution in [1.82, 2.24) is 0 Å². The molecule has 0 spiro atoms. The van der Waals surface area contributed by atoms with Gasteiger partial charge in [-0.05, 0) is 89.5 Å². The number of anilines is 2. The second kappa shape index (κ2) is 16.3. The number of rotatable bonds is 14. The molecule has 49 heavy (non-hydrogen) atoms. The maximum absolute atomic E-state index is 13.6. The van der Waals surface area contributed by atoms with E-state index in [4.69, 9.17) is 4.74 Å². The van der Waals surface area contributed by atoms with Crippen LogP contribution < -0.4 is 15.4 Å². The molecule has 0 aliphatic heterocycles. The molecule has 10 heteroatoms. The Morgan fingerprint density at radius 3 is 1.86 bits per heavy atom. The summed E-state index contributed by atoms with van der Waals surface area (Å²) in [5.41, 5.74) is 5.62. The second-order valence-electron chi connectivity index (χ2n) is 12.6. The maximum atomic E-state index is 13.6. The highest BCUT2D eigenvalue weighted by Gasteiger charge is 2.31. The quantitative estimate of drug-likeness (QED) is 0.102. The van der Waals surface area contributed by atoms with Crippen LogP contribution >= 0.6 is 0 Å². The molecule has 4 aromatic carbocycles. The third-order valence-corrected chi connectivity index (χ3v) is 7.79. The van der Waals surface area contributed by atoms with Crippen LogP contribution in [0.1, 0.15) is 68.4 Å². The highest BCUT2D eigenvalue weighted by molar-refractivity contribution is 5.98. The second-order valence-corrected chi connectivity index (χ2v) is 12.6. The molecule has 0 aromatic heterocycles. The van der Waals surface area contributed by atoms with E-state index in [9.17, 15) is 27.6 Å². The molecule has 0 unspecified atom stereocenters. The van der Waals surface area contributed by atoms with Crippen LogP contribution in [0, 0.1) is 0 Å². The minimum absolute atomic E-state index is 0.0467.